The van der Waals surface area contributed by atoms with E-state index < -0.39 is 0 Å². The standard InChI is InChI=1S/C22H29N5O2S/c1-14(2)24-19-11-17(13-23-21(19)29-10-6-9-27(4)5)16-7-8-18-20(12-16)30-22(26-18)25-15(3)28/h7-8,11-14,24H,6,9-10H2,1-5H3,(H,25,26,28). The Labute approximate surface area is 181 Å². The molecular weight excluding hydrogens is 398 g/mol. The van der Waals surface area contributed by atoms with Gasteiger partial charge < -0.3 is 20.3 Å². The van der Waals surface area contributed by atoms with Crippen LogP contribution in [0.4, 0.5) is 10.8 Å². The maximum absolute atomic E-state index is 11.3. The van der Waals surface area contributed by atoms with Gasteiger partial charge in [-0.15, -0.1) is 0 Å². The molecule has 7 nitrogen and oxygen atoms in total. The molecule has 0 aliphatic heterocycles. The third kappa shape index (κ3) is 5.90. The van der Waals surface area contributed by atoms with Crippen LogP contribution in [0.2, 0.25) is 0 Å². The number of amides is 1. The van der Waals surface area contributed by atoms with E-state index in [2.05, 4.69) is 65.6 Å². The van der Waals surface area contributed by atoms with E-state index >= 15 is 0 Å². The van der Waals surface area contributed by atoms with Gasteiger partial charge in [-0.05, 0) is 58.1 Å². The molecule has 0 unspecified atom stereocenters. The van der Waals surface area contributed by atoms with E-state index in [9.17, 15) is 4.79 Å². The summed E-state index contributed by atoms with van der Waals surface area (Å²) in [4.78, 5) is 22.5. The van der Waals surface area contributed by atoms with Gasteiger partial charge in [0.1, 0.15) is 0 Å². The van der Waals surface area contributed by atoms with Crippen molar-refractivity contribution >= 4 is 38.3 Å². The lowest BCUT2D eigenvalue weighted by molar-refractivity contribution is -0.114. The van der Waals surface area contributed by atoms with E-state index in [0.29, 0.717) is 17.6 Å². The van der Waals surface area contributed by atoms with Crippen LogP contribution >= 0.6 is 11.3 Å². The van der Waals surface area contributed by atoms with Gasteiger partial charge in [-0.2, -0.15) is 0 Å². The minimum absolute atomic E-state index is 0.121. The number of pyridine rings is 1. The maximum Gasteiger partial charge on any atom is 0.237 e. The fraction of sp³-hybridized carbons (Fsp3) is 0.409. The summed E-state index contributed by atoms with van der Waals surface area (Å²) < 4.78 is 6.95. The molecule has 30 heavy (non-hydrogen) atoms. The van der Waals surface area contributed by atoms with Gasteiger partial charge in [0.05, 0.1) is 22.5 Å². The lowest BCUT2D eigenvalue weighted by atomic mass is 10.1. The molecule has 160 valence electrons. The number of hydrogen-bond donors (Lipinski definition) is 2. The van der Waals surface area contributed by atoms with E-state index in [1.165, 1.54) is 18.3 Å². The van der Waals surface area contributed by atoms with Gasteiger partial charge in [0.25, 0.3) is 0 Å². The molecule has 1 aromatic carbocycles. The lowest BCUT2D eigenvalue weighted by Crippen LogP contribution is -2.16. The largest absolute Gasteiger partial charge is 0.476 e. The Balaban J connectivity index is 1.84. The number of nitrogens with zero attached hydrogens (tertiary/aromatic N) is 3. The highest BCUT2D eigenvalue weighted by Crippen LogP contribution is 2.33. The van der Waals surface area contributed by atoms with Crippen LogP contribution in [0.25, 0.3) is 21.3 Å². The highest BCUT2D eigenvalue weighted by atomic mass is 32.1. The molecule has 2 aromatic heterocycles. The van der Waals surface area contributed by atoms with Gasteiger partial charge >= 0.3 is 0 Å². The van der Waals surface area contributed by atoms with Crippen LogP contribution in [0.15, 0.2) is 30.5 Å². The third-order valence-corrected chi connectivity index (χ3v) is 5.22. The Morgan fingerprint density at radius 3 is 2.73 bits per heavy atom. The third-order valence-electron chi connectivity index (χ3n) is 4.29. The molecule has 0 saturated carbocycles. The second-order valence-corrected chi connectivity index (χ2v) is 8.79. The van der Waals surface area contributed by atoms with Gasteiger partial charge in [-0.1, -0.05) is 17.4 Å². The molecule has 2 heterocycles. The number of carbonyl (C=O) groups is 1. The molecule has 0 aliphatic rings. The number of carbonyl (C=O) groups excluding carboxylic acids is 1. The van der Waals surface area contributed by atoms with Crippen molar-refractivity contribution < 1.29 is 9.53 Å². The van der Waals surface area contributed by atoms with Crippen molar-refractivity contribution in [1.29, 1.82) is 0 Å². The van der Waals surface area contributed by atoms with E-state index in [1.54, 1.807) is 0 Å². The zero-order chi connectivity index (χ0) is 21.7. The Bertz CT molecular complexity index is 1020. The van der Waals surface area contributed by atoms with Gasteiger partial charge in [-0.3, -0.25) is 4.79 Å². The molecule has 0 fully saturated rings. The van der Waals surface area contributed by atoms with Crippen molar-refractivity contribution in [2.45, 2.75) is 33.2 Å². The van der Waals surface area contributed by atoms with E-state index in [4.69, 9.17) is 4.74 Å². The number of thiazole rings is 1. The van der Waals surface area contributed by atoms with Crippen LogP contribution in [0, 0.1) is 0 Å². The van der Waals surface area contributed by atoms with Gasteiger partial charge in [0.15, 0.2) is 5.13 Å². The van der Waals surface area contributed by atoms with E-state index in [-0.39, 0.29) is 11.9 Å². The Hall–Kier alpha value is -2.71. The van der Waals surface area contributed by atoms with Gasteiger partial charge in [0.2, 0.25) is 11.8 Å². The normalized spacial score (nSPS) is 11.3. The second-order valence-electron chi connectivity index (χ2n) is 7.76. The van der Waals surface area contributed by atoms with Crippen LogP contribution in [0.5, 0.6) is 5.88 Å². The first kappa shape index (κ1) is 22.0. The van der Waals surface area contributed by atoms with Crippen molar-refractivity contribution in [2.24, 2.45) is 0 Å². The first-order valence-corrected chi connectivity index (χ1v) is 10.9. The summed E-state index contributed by atoms with van der Waals surface area (Å²) >= 11 is 1.46. The average Bonchev–Trinajstić information content (AvgIpc) is 3.06. The number of nitrogens with one attached hydrogen (secondary N) is 2. The SMILES string of the molecule is CC(=O)Nc1nc2ccc(-c3cnc(OCCCN(C)C)c(NC(C)C)c3)cc2s1. The van der Waals surface area contributed by atoms with Crippen LogP contribution in [-0.2, 0) is 4.79 Å². The Morgan fingerprint density at radius 1 is 1.23 bits per heavy atom. The molecule has 8 heteroatoms. The van der Waals surface area contributed by atoms with Crippen molar-refractivity contribution in [3.8, 4) is 17.0 Å². The van der Waals surface area contributed by atoms with Crippen molar-refractivity contribution in [3.63, 3.8) is 0 Å². The molecular formula is C22H29N5O2S. The summed E-state index contributed by atoms with van der Waals surface area (Å²) in [6.45, 7) is 7.26. The van der Waals surface area contributed by atoms with Crippen LogP contribution in [-0.4, -0.2) is 54.1 Å². The zero-order valence-corrected chi connectivity index (χ0v) is 19.0. The molecule has 3 aromatic rings. The van der Waals surface area contributed by atoms with Crippen LogP contribution < -0.4 is 15.4 Å². The number of ether oxygens (including phenoxy) is 1. The molecule has 3 rings (SSSR count). The Kier molecular flexibility index (Phi) is 7.23. The van der Waals surface area contributed by atoms with Crippen molar-refractivity contribution in [1.82, 2.24) is 14.9 Å². The predicted octanol–water partition coefficient (Wildman–Crippen LogP) is 4.47. The lowest BCUT2D eigenvalue weighted by Gasteiger charge is -2.16. The van der Waals surface area contributed by atoms with E-state index in [1.807, 2.05) is 18.3 Å². The molecule has 0 bridgehead atoms. The topological polar surface area (TPSA) is 79.4 Å². The van der Waals surface area contributed by atoms with Crippen LogP contribution in [0.3, 0.4) is 0 Å². The molecule has 0 radical (unpaired) electrons. The molecule has 0 atom stereocenters. The molecule has 0 spiro atoms. The summed E-state index contributed by atoms with van der Waals surface area (Å²) in [6, 6.07) is 8.40. The fourth-order valence-corrected chi connectivity index (χ4v) is 3.95. The van der Waals surface area contributed by atoms with E-state index in [0.717, 1.165) is 40.0 Å². The minimum Gasteiger partial charge on any atom is -0.476 e. The Morgan fingerprint density at radius 2 is 2.03 bits per heavy atom. The summed E-state index contributed by atoms with van der Waals surface area (Å²) in [5.41, 5.74) is 3.78. The number of fused-ring (bicyclic) bond motifs is 1. The fourth-order valence-electron chi connectivity index (χ4n) is 3.00. The first-order valence-electron chi connectivity index (χ1n) is 10.0. The molecule has 0 saturated heterocycles. The summed E-state index contributed by atoms with van der Waals surface area (Å²) in [7, 11) is 4.11. The first-order chi connectivity index (χ1) is 14.3. The van der Waals surface area contributed by atoms with Gasteiger partial charge in [-0.25, -0.2) is 9.97 Å². The number of hydrogen-bond acceptors (Lipinski definition) is 7. The zero-order valence-electron chi connectivity index (χ0n) is 18.2. The number of anilines is 2. The molecule has 1 amide bonds. The number of aromatic nitrogens is 2. The predicted molar refractivity (Wildman–Crippen MR) is 125 cm³/mol. The van der Waals surface area contributed by atoms with Crippen molar-refractivity contribution in [2.75, 3.05) is 37.9 Å². The van der Waals surface area contributed by atoms with Crippen molar-refractivity contribution in [3.05, 3.63) is 30.5 Å². The smallest absolute Gasteiger partial charge is 0.237 e. The molecule has 2 N–H and O–H groups in total. The maximum atomic E-state index is 11.3. The summed E-state index contributed by atoms with van der Waals surface area (Å²) in [6.07, 6.45) is 2.78. The van der Waals surface area contributed by atoms with Crippen LogP contribution in [0.1, 0.15) is 27.2 Å². The second kappa shape index (κ2) is 9.86. The number of benzene rings is 1. The highest BCUT2D eigenvalue weighted by molar-refractivity contribution is 7.22. The summed E-state index contributed by atoms with van der Waals surface area (Å²) in [5, 5.41) is 6.80. The quantitative estimate of drug-likeness (QED) is 0.491. The average molecular weight is 428 g/mol. The number of rotatable bonds is 9. The molecule has 0 aliphatic carbocycles. The minimum atomic E-state index is -0.121. The monoisotopic (exact) mass is 427 g/mol. The highest BCUT2D eigenvalue weighted by Gasteiger charge is 2.12. The summed E-state index contributed by atoms with van der Waals surface area (Å²) in [5.74, 6) is 0.502. The van der Waals surface area contributed by atoms with Gasteiger partial charge in [0, 0.05) is 31.3 Å².